The molecule has 0 aliphatic carbocycles. The molecule has 2 rings (SSSR count). The van der Waals surface area contributed by atoms with Crippen LogP contribution in [-0.2, 0) is 6.54 Å². The molecule has 1 aromatic carbocycles. The fourth-order valence-electron chi connectivity index (χ4n) is 2.44. The predicted octanol–water partition coefficient (Wildman–Crippen LogP) is 4.06. The van der Waals surface area contributed by atoms with Crippen LogP contribution in [0.5, 0.6) is 0 Å². The Morgan fingerprint density at radius 1 is 1.25 bits per heavy atom. The maximum Gasteiger partial charge on any atom is 0.0608 e. The van der Waals surface area contributed by atoms with Crippen molar-refractivity contribution in [2.45, 2.75) is 39.8 Å². The first-order chi connectivity index (χ1) is 9.63. The maximum atomic E-state index is 4.44. The molecular weight excluding hydrogens is 314 g/mol. The van der Waals surface area contributed by atoms with E-state index >= 15 is 0 Å². The van der Waals surface area contributed by atoms with Crippen molar-refractivity contribution < 1.29 is 0 Å². The molecule has 20 heavy (non-hydrogen) atoms. The Hall–Kier alpha value is -1.13. The number of halogens is 1. The van der Waals surface area contributed by atoms with E-state index in [4.69, 9.17) is 0 Å². The van der Waals surface area contributed by atoms with E-state index in [0.29, 0.717) is 0 Å². The number of hydrogen-bond donors (Lipinski definition) is 1. The van der Waals surface area contributed by atoms with Crippen LogP contribution in [0.15, 0.2) is 35.1 Å². The molecule has 0 aliphatic rings. The third-order valence-corrected chi connectivity index (χ3v) is 3.70. The van der Waals surface area contributed by atoms with Crippen LogP contribution < -0.4 is 5.32 Å². The molecule has 0 radical (unpaired) electrons. The van der Waals surface area contributed by atoms with Crippen LogP contribution in [0.25, 0.3) is 0 Å². The third-order valence-electron chi connectivity index (χ3n) is 3.25. The second kappa shape index (κ2) is 7.04. The van der Waals surface area contributed by atoms with Crippen LogP contribution in [0.4, 0.5) is 0 Å². The van der Waals surface area contributed by atoms with E-state index in [1.54, 1.807) is 0 Å². The van der Waals surface area contributed by atoms with Crippen LogP contribution in [0.2, 0.25) is 0 Å². The lowest BCUT2D eigenvalue weighted by molar-refractivity contribution is 0.597. The minimum atomic E-state index is 0.196. The quantitative estimate of drug-likeness (QED) is 0.862. The lowest BCUT2D eigenvalue weighted by atomic mass is 10.00. The maximum absolute atomic E-state index is 4.44. The first-order valence-corrected chi connectivity index (χ1v) is 7.96. The first kappa shape index (κ1) is 15.3. The molecule has 3 nitrogen and oxygen atoms in total. The molecule has 108 valence electrons. The number of benzene rings is 1. The molecule has 0 spiro atoms. The van der Waals surface area contributed by atoms with Crippen LogP contribution in [0.3, 0.4) is 0 Å². The number of nitrogens with one attached hydrogen (secondary N) is 1. The van der Waals surface area contributed by atoms with Gasteiger partial charge >= 0.3 is 0 Å². The van der Waals surface area contributed by atoms with Gasteiger partial charge in [0, 0.05) is 22.8 Å². The fourth-order valence-corrected chi connectivity index (χ4v) is 3.07. The van der Waals surface area contributed by atoms with Gasteiger partial charge in [0.2, 0.25) is 0 Å². The molecule has 0 amide bonds. The van der Waals surface area contributed by atoms with Gasteiger partial charge in [-0.2, -0.15) is 5.10 Å². The van der Waals surface area contributed by atoms with E-state index in [1.165, 1.54) is 16.7 Å². The van der Waals surface area contributed by atoms with Crippen molar-refractivity contribution >= 4 is 15.9 Å². The number of aryl methyl sites for hydroxylation is 2. The lowest BCUT2D eigenvalue weighted by Crippen LogP contribution is -2.21. The van der Waals surface area contributed by atoms with Crippen molar-refractivity contribution in [2.24, 2.45) is 0 Å². The monoisotopic (exact) mass is 335 g/mol. The average molecular weight is 336 g/mol. The van der Waals surface area contributed by atoms with Gasteiger partial charge in [-0.3, -0.25) is 4.68 Å². The molecule has 1 aromatic heterocycles. The highest BCUT2D eigenvalue weighted by Crippen LogP contribution is 2.26. The number of hydrogen-bond acceptors (Lipinski definition) is 2. The van der Waals surface area contributed by atoms with Gasteiger partial charge in [-0.25, -0.2) is 0 Å². The van der Waals surface area contributed by atoms with Crippen LogP contribution in [-0.4, -0.2) is 16.3 Å². The van der Waals surface area contributed by atoms with Crippen molar-refractivity contribution in [3.8, 4) is 0 Å². The van der Waals surface area contributed by atoms with E-state index in [-0.39, 0.29) is 6.04 Å². The molecule has 0 aliphatic heterocycles. The zero-order chi connectivity index (χ0) is 14.5. The summed E-state index contributed by atoms with van der Waals surface area (Å²) < 4.78 is 3.14. The molecule has 0 fully saturated rings. The van der Waals surface area contributed by atoms with Gasteiger partial charge in [-0.15, -0.1) is 0 Å². The normalized spacial score (nSPS) is 12.6. The average Bonchev–Trinajstić information content (AvgIpc) is 2.83. The summed E-state index contributed by atoms with van der Waals surface area (Å²) in [7, 11) is 0. The highest BCUT2D eigenvalue weighted by molar-refractivity contribution is 9.10. The molecule has 0 saturated carbocycles. The van der Waals surface area contributed by atoms with E-state index in [1.807, 2.05) is 10.9 Å². The van der Waals surface area contributed by atoms with Crippen molar-refractivity contribution in [3.05, 3.63) is 51.8 Å². The number of rotatable bonds is 6. The molecule has 0 saturated heterocycles. The van der Waals surface area contributed by atoms with Crippen LogP contribution >= 0.6 is 15.9 Å². The van der Waals surface area contributed by atoms with Crippen molar-refractivity contribution in [1.82, 2.24) is 15.1 Å². The van der Waals surface area contributed by atoms with Crippen molar-refractivity contribution in [3.63, 3.8) is 0 Å². The minimum Gasteiger partial charge on any atom is -0.306 e. The minimum absolute atomic E-state index is 0.196. The van der Waals surface area contributed by atoms with Crippen molar-refractivity contribution in [1.29, 1.82) is 0 Å². The smallest absolute Gasteiger partial charge is 0.0608 e. The Morgan fingerprint density at radius 3 is 2.70 bits per heavy atom. The topological polar surface area (TPSA) is 29.9 Å². The largest absolute Gasteiger partial charge is 0.306 e. The second-order valence-electron chi connectivity index (χ2n) is 5.09. The highest BCUT2D eigenvalue weighted by Gasteiger charge is 2.15. The van der Waals surface area contributed by atoms with Gasteiger partial charge in [0.1, 0.15) is 0 Å². The Labute approximate surface area is 129 Å². The van der Waals surface area contributed by atoms with E-state index in [2.05, 4.69) is 71.5 Å². The first-order valence-electron chi connectivity index (χ1n) is 7.16. The van der Waals surface area contributed by atoms with Gasteiger partial charge in [0.25, 0.3) is 0 Å². The molecule has 1 heterocycles. The van der Waals surface area contributed by atoms with Gasteiger partial charge in [0.15, 0.2) is 0 Å². The summed E-state index contributed by atoms with van der Waals surface area (Å²) in [6.07, 6.45) is 5.22. The highest BCUT2D eigenvalue weighted by atomic mass is 79.9. The zero-order valence-corrected chi connectivity index (χ0v) is 13.9. The summed E-state index contributed by atoms with van der Waals surface area (Å²) in [5.41, 5.74) is 3.76. The summed E-state index contributed by atoms with van der Waals surface area (Å²) in [6, 6.07) is 6.74. The molecule has 1 unspecified atom stereocenters. The van der Waals surface area contributed by atoms with Crippen LogP contribution in [0.1, 0.15) is 43.0 Å². The molecule has 4 heteroatoms. The van der Waals surface area contributed by atoms with E-state index < -0.39 is 0 Å². The molecule has 2 aromatic rings. The van der Waals surface area contributed by atoms with Gasteiger partial charge in [0.05, 0.1) is 12.2 Å². The lowest BCUT2D eigenvalue weighted by Gasteiger charge is -2.18. The number of aromatic nitrogens is 2. The number of nitrogens with zero attached hydrogens (tertiary/aromatic N) is 2. The molecule has 1 atom stereocenters. The van der Waals surface area contributed by atoms with Gasteiger partial charge in [-0.1, -0.05) is 35.8 Å². The predicted molar refractivity (Wildman–Crippen MR) is 86.9 cm³/mol. The molecular formula is C16H22BrN3. The summed E-state index contributed by atoms with van der Waals surface area (Å²) in [5, 5.41) is 8.00. The van der Waals surface area contributed by atoms with Gasteiger partial charge in [-0.05, 0) is 43.1 Å². The zero-order valence-electron chi connectivity index (χ0n) is 12.4. The van der Waals surface area contributed by atoms with E-state index in [9.17, 15) is 0 Å². The Kier molecular flexibility index (Phi) is 5.38. The Morgan fingerprint density at radius 2 is 2.05 bits per heavy atom. The van der Waals surface area contributed by atoms with Gasteiger partial charge < -0.3 is 5.32 Å². The second-order valence-corrected chi connectivity index (χ2v) is 6.01. The third kappa shape index (κ3) is 3.70. The summed E-state index contributed by atoms with van der Waals surface area (Å²) in [6.45, 7) is 8.32. The SMILES string of the molecule is CCCn1cc(C(NCC)c2cc(C)cc(Br)c2)cn1. The summed E-state index contributed by atoms with van der Waals surface area (Å²) in [5.74, 6) is 0. The Balaban J connectivity index is 2.33. The van der Waals surface area contributed by atoms with E-state index in [0.717, 1.165) is 24.0 Å². The van der Waals surface area contributed by atoms with Crippen molar-refractivity contribution in [2.75, 3.05) is 6.54 Å². The summed E-state index contributed by atoms with van der Waals surface area (Å²) >= 11 is 3.59. The summed E-state index contributed by atoms with van der Waals surface area (Å²) in [4.78, 5) is 0. The Bertz CT molecular complexity index is 542. The molecule has 0 bridgehead atoms. The fraction of sp³-hybridized carbons (Fsp3) is 0.438. The molecule has 1 N–H and O–H groups in total. The van der Waals surface area contributed by atoms with Crippen LogP contribution in [0, 0.1) is 6.92 Å². The standard InChI is InChI=1S/C16H22BrN3/c1-4-6-20-11-14(10-19-20)16(18-5-2)13-7-12(3)8-15(17)9-13/h7-11,16,18H,4-6H2,1-3H3.